The van der Waals surface area contributed by atoms with Crippen LogP contribution in [-0.4, -0.2) is 32.5 Å². The van der Waals surface area contributed by atoms with Crippen molar-refractivity contribution in [3.8, 4) is 0 Å². The van der Waals surface area contributed by atoms with E-state index in [0.29, 0.717) is 12.4 Å². The van der Waals surface area contributed by atoms with Crippen molar-refractivity contribution in [3.63, 3.8) is 0 Å². The standard InChI is InChI=1S/C20H26N6O2/c1-19(2)7-15-8-20(3,11-19)12-25(15)18-16(26(27)28)17(23-13-24-18)22-10-14-5-4-6-21-9-14/h4-6,9,13,15H,7-8,10-12H2,1-3H3,(H,22,23,24). The lowest BCUT2D eigenvalue weighted by atomic mass is 9.65. The Labute approximate surface area is 164 Å². The molecule has 2 atom stereocenters. The summed E-state index contributed by atoms with van der Waals surface area (Å²) >= 11 is 0. The molecule has 148 valence electrons. The Bertz CT molecular complexity index is 888. The van der Waals surface area contributed by atoms with Crippen molar-refractivity contribution in [2.75, 3.05) is 16.8 Å². The third-order valence-electron chi connectivity index (χ3n) is 5.86. The largest absolute Gasteiger partial charge is 0.360 e. The van der Waals surface area contributed by atoms with Crippen LogP contribution in [0.15, 0.2) is 30.9 Å². The second kappa shape index (κ2) is 6.68. The maximum atomic E-state index is 12.0. The molecule has 2 unspecified atom stereocenters. The highest BCUT2D eigenvalue weighted by atomic mass is 16.6. The fraction of sp³-hybridized carbons (Fsp3) is 0.550. The average molecular weight is 382 g/mol. The minimum atomic E-state index is -0.364. The number of nitro groups is 1. The smallest absolute Gasteiger partial charge is 0.353 e. The maximum Gasteiger partial charge on any atom is 0.353 e. The maximum absolute atomic E-state index is 12.0. The van der Waals surface area contributed by atoms with Gasteiger partial charge >= 0.3 is 5.69 Å². The molecule has 1 aliphatic heterocycles. The summed E-state index contributed by atoms with van der Waals surface area (Å²) < 4.78 is 0. The van der Waals surface area contributed by atoms with Crippen LogP contribution in [0.25, 0.3) is 0 Å². The molecule has 8 nitrogen and oxygen atoms in total. The predicted molar refractivity (Wildman–Crippen MR) is 107 cm³/mol. The molecule has 8 heteroatoms. The molecule has 2 aromatic rings. The van der Waals surface area contributed by atoms with Gasteiger partial charge in [-0.1, -0.05) is 26.8 Å². The lowest BCUT2D eigenvalue weighted by Crippen LogP contribution is -2.35. The number of pyridine rings is 1. The minimum absolute atomic E-state index is 0.0413. The number of hydrogen-bond acceptors (Lipinski definition) is 7. The van der Waals surface area contributed by atoms with Gasteiger partial charge in [0.25, 0.3) is 0 Å². The fourth-order valence-electron chi connectivity index (χ4n) is 5.27. The first-order valence-electron chi connectivity index (χ1n) is 9.65. The lowest BCUT2D eigenvalue weighted by molar-refractivity contribution is -0.383. The molecule has 1 saturated heterocycles. The van der Waals surface area contributed by atoms with Crippen molar-refractivity contribution in [1.29, 1.82) is 0 Å². The zero-order valence-corrected chi connectivity index (χ0v) is 16.6. The van der Waals surface area contributed by atoms with Crippen molar-refractivity contribution in [2.24, 2.45) is 10.8 Å². The van der Waals surface area contributed by atoms with Gasteiger partial charge in [-0.2, -0.15) is 0 Å². The topological polar surface area (TPSA) is 97.1 Å². The van der Waals surface area contributed by atoms with Crippen molar-refractivity contribution < 1.29 is 4.92 Å². The highest BCUT2D eigenvalue weighted by Gasteiger charge is 2.51. The Hall–Kier alpha value is -2.77. The van der Waals surface area contributed by atoms with E-state index in [4.69, 9.17) is 0 Å². The first-order valence-corrected chi connectivity index (χ1v) is 9.65. The molecule has 4 rings (SSSR count). The molecule has 0 amide bonds. The van der Waals surface area contributed by atoms with Crippen LogP contribution in [0.1, 0.15) is 45.6 Å². The zero-order chi connectivity index (χ0) is 19.9. The van der Waals surface area contributed by atoms with Gasteiger partial charge in [0.1, 0.15) is 6.33 Å². The summed E-state index contributed by atoms with van der Waals surface area (Å²) in [4.78, 5) is 26.3. The van der Waals surface area contributed by atoms with E-state index in [1.807, 2.05) is 12.1 Å². The van der Waals surface area contributed by atoms with Crippen LogP contribution >= 0.6 is 0 Å². The summed E-state index contributed by atoms with van der Waals surface area (Å²) in [6.07, 6.45) is 8.04. The number of rotatable bonds is 5. The number of aromatic nitrogens is 3. The van der Waals surface area contributed by atoms with E-state index in [1.54, 1.807) is 12.4 Å². The van der Waals surface area contributed by atoms with Gasteiger partial charge in [-0.3, -0.25) is 15.1 Å². The molecule has 0 aromatic carbocycles. The first-order chi connectivity index (χ1) is 13.3. The summed E-state index contributed by atoms with van der Waals surface area (Å²) in [5, 5.41) is 15.1. The first kappa shape index (κ1) is 18.6. The highest BCUT2D eigenvalue weighted by molar-refractivity contribution is 5.71. The number of nitrogens with one attached hydrogen (secondary N) is 1. The second-order valence-corrected chi connectivity index (χ2v) is 9.21. The third kappa shape index (κ3) is 3.50. The van der Waals surface area contributed by atoms with Crippen LogP contribution in [0.2, 0.25) is 0 Å². The zero-order valence-electron chi connectivity index (χ0n) is 16.6. The molecule has 1 saturated carbocycles. The molecular weight excluding hydrogens is 356 g/mol. The molecule has 1 N–H and O–H groups in total. The predicted octanol–water partition coefficient (Wildman–Crippen LogP) is 3.80. The molecule has 0 radical (unpaired) electrons. The number of fused-ring (bicyclic) bond motifs is 2. The van der Waals surface area contributed by atoms with Crippen LogP contribution in [0, 0.1) is 20.9 Å². The van der Waals surface area contributed by atoms with Gasteiger partial charge < -0.3 is 10.2 Å². The lowest BCUT2D eigenvalue weighted by Gasteiger charge is -2.39. The highest BCUT2D eigenvalue weighted by Crippen LogP contribution is 2.54. The summed E-state index contributed by atoms with van der Waals surface area (Å²) in [6, 6.07) is 4.03. The van der Waals surface area contributed by atoms with E-state index in [2.05, 4.69) is 45.9 Å². The van der Waals surface area contributed by atoms with E-state index in [-0.39, 0.29) is 33.3 Å². The van der Waals surface area contributed by atoms with Crippen molar-refractivity contribution in [1.82, 2.24) is 15.0 Å². The molecule has 2 fully saturated rings. The third-order valence-corrected chi connectivity index (χ3v) is 5.86. The van der Waals surface area contributed by atoms with Gasteiger partial charge in [-0.15, -0.1) is 0 Å². The minimum Gasteiger partial charge on any atom is -0.360 e. The van der Waals surface area contributed by atoms with Crippen LogP contribution in [-0.2, 0) is 6.54 Å². The van der Waals surface area contributed by atoms with Gasteiger partial charge in [-0.05, 0) is 41.7 Å². The summed E-state index contributed by atoms with van der Waals surface area (Å²) in [7, 11) is 0. The normalized spacial score (nSPS) is 25.5. The second-order valence-electron chi connectivity index (χ2n) is 9.21. The van der Waals surface area contributed by atoms with E-state index < -0.39 is 0 Å². The van der Waals surface area contributed by atoms with Crippen LogP contribution in [0.5, 0.6) is 0 Å². The van der Waals surface area contributed by atoms with E-state index in [0.717, 1.165) is 31.4 Å². The Kier molecular flexibility index (Phi) is 4.44. The van der Waals surface area contributed by atoms with Gasteiger partial charge in [0, 0.05) is 31.5 Å². The molecular formula is C20H26N6O2. The number of hydrogen-bond donors (Lipinski definition) is 1. The summed E-state index contributed by atoms with van der Waals surface area (Å²) in [5.41, 5.74) is 1.29. The Balaban J connectivity index is 1.65. The molecule has 1 aliphatic carbocycles. The molecule has 2 aromatic heterocycles. The van der Waals surface area contributed by atoms with Crippen molar-refractivity contribution in [3.05, 3.63) is 46.5 Å². The Morgan fingerprint density at radius 3 is 2.86 bits per heavy atom. The number of anilines is 2. The van der Waals surface area contributed by atoms with Crippen LogP contribution in [0.3, 0.4) is 0 Å². The van der Waals surface area contributed by atoms with Crippen LogP contribution < -0.4 is 10.2 Å². The van der Waals surface area contributed by atoms with Gasteiger partial charge in [0.15, 0.2) is 0 Å². The van der Waals surface area contributed by atoms with Gasteiger partial charge in [0.2, 0.25) is 11.6 Å². The number of nitrogens with zero attached hydrogens (tertiary/aromatic N) is 5. The molecule has 3 heterocycles. The quantitative estimate of drug-likeness (QED) is 0.620. The van der Waals surface area contributed by atoms with E-state index >= 15 is 0 Å². The van der Waals surface area contributed by atoms with E-state index in [9.17, 15) is 10.1 Å². The molecule has 2 bridgehead atoms. The van der Waals surface area contributed by atoms with Crippen molar-refractivity contribution >= 4 is 17.3 Å². The van der Waals surface area contributed by atoms with Gasteiger partial charge in [-0.25, -0.2) is 9.97 Å². The SMILES string of the molecule is CC1(C)CC2CC(C)(CN2c2ncnc(NCc3cccnc3)c2[N+](=O)[O-])C1. The van der Waals surface area contributed by atoms with Gasteiger partial charge in [0.05, 0.1) is 4.92 Å². The monoisotopic (exact) mass is 382 g/mol. The molecule has 28 heavy (non-hydrogen) atoms. The van der Waals surface area contributed by atoms with Crippen LogP contribution in [0.4, 0.5) is 17.3 Å². The van der Waals surface area contributed by atoms with Crippen molar-refractivity contribution in [2.45, 2.75) is 52.6 Å². The molecule has 2 aliphatic rings. The summed E-state index contributed by atoms with van der Waals surface area (Å²) in [5.74, 6) is 0.685. The van der Waals surface area contributed by atoms with E-state index in [1.165, 1.54) is 6.33 Å². The molecule has 0 spiro atoms. The fourth-order valence-corrected chi connectivity index (χ4v) is 5.27. The Morgan fingerprint density at radius 1 is 1.32 bits per heavy atom. The summed E-state index contributed by atoms with van der Waals surface area (Å²) in [6.45, 7) is 8.07. The Morgan fingerprint density at radius 2 is 2.14 bits per heavy atom. The average Bonchev–Trinajstić information content (AvgIpc) is 2.89.